The smallest absolute Gasteiger partial charge is 0.258 e. The maximum Gasteiger partial charge on any atom is 0.258 e. The van der Waals surface area contributed by atoms with Crippen molar-refractivity contribution in [1.82, 2.24) is 4.98 Å². The zero-order valence-corrected chi connectivity index (χ0v) is 14.8. The summed E-state index contributed by atoms with van der Waals surface area (Å²) in [5.74, 6) is -0.261. The fraction of sp³-hybridized carbons (Fsp3) is 0.125. The maximum absolute atomic E-state index is 12.4. The van der Waals surface area contributed by atoms with Crippen molar-refractivity contribution < 1.29 is 4.79 Å². The second-order valence-corrected chi connectivity index (χ2v) is 7.07. The van der Waals surface area contributed by atoms with Gasteiger partial charge >= 0.3 is 0 Å². The molecule has 0 spiro atoms. The summed E-state index contributed by atoms with van der Waals surface area (Å²) in [6.07, 6.45) is 0.909. The van der Waals surface area contributed by atoms with Gasteiger partial charge in [0.2, 0.25) is 0 Å². The van der Waals surface area contributed by atoms with E-state index >= 15 is 0 Å². The third-order valence-electron chi connectivity index (χ3n) is 3.28. The van der Waals surface area contributed by atoms with Gasteiger partial charge in [-0.25, -0.2) is 4.98 Å². The average molecular weight is 396 g/mol. The van der Waals surface area contributed by atoms with Crippen molar-refractivity contribution in [3.05, 3.63) is 57.0 Å². The van der Waals surface area contributed by atoms with Crippen LogP contribution in [0.5, 0.6) is 0 Å². The fourth-order valence-corrected chi connectivity index (χ4v) is 3.65. The van der Waals surface area contributed by atoms with Crippen molar-refractivity contribution >= 4 is 60.1 Å². The summed E-state index contributed by atoms with van der Waals surface area (Å²) in [5, 5.41) is 3.82. The largest absolute Gasteiger partial charge is 0.298 e. The van der Waals surface area contributed by atoms with Gasteiger partial charge in [-0.15, -0.1) is 0 Å². The van der Waals surface area contributed by atoms with Gasteiger partial charge in [0.1, 0.15) is 0 Å². The first-order valence-electron chi connectivity index (χ1n) is 6.73. The molecule has 3 nitrogen and oxygen atoms in total. The number of amides is 1. The Morgan fingerprint density at radius 2 is 2.18 bits per heavy atom. The van der Waals surface area contributed by atoms with Crippen LogP contribution in [-0.2, 0) is 6.42 Å². The second kappa shape index (κ2) is 6.36. The van der Waals surface area contributed by atoms with Crippen molar-refractivity contribution in [2.75, 3.05) is 5.32 Å². The van der Waals surface area contributed by atoms with Crippen LogP contribution in [0.15, 0.2) is 40.9 Å². The molecule has 1 amide bonds. The van der Waals surface area contributed by atoms with Gasteiger partial charge < -0.3 is 0 Å². The Balaban J connectivity index is 1.93. The summed E-state index contributed by atoms with van der Waals surface area (Å²) < 4.78 is 1.87. The number of aryl methyl sites for hydroxylation is 1. The summed E-state index contributed by atoms with van der Waals surface area (Å²) in [6, 6.07) is 11.3. The molecule has 0 fully saturated rings. The second-order valence-electron chi connectivity index (χ2n) is 4.71. The molecule has 0 saturated heterocycles. The maximum atomic E-state index is 12.4. The molecule has 0 aliphatic rings. The number of benzene rings is 2. The molecule has 6 heteroatoms. The Kier molecular flexibility index (Phi) is 4.47. The van der Waals surface area contributed by atoms with Gasteiger partial charge in [0.05, 0.1) is 20.8 Å². The lowest BCUT2D eigenvalue weighted by molar-refractivity contribution is 0.102. The van der Waals surface area contributed by atoms with Crippen LogP contribution in [-0.4, -0.2) is 10.9 Å². The van der Waals surface area contributed by atoms with Crippen LogP contribution < -0.4 is 5.32 Å². The number of para-hydroxylation sites is 1. The highest BCUT2D eigenvalue weighted by Gasteiger charge is 2.14. The zero-order chi connectivity index (χ0) is 15.7. The van der Waals surface area contributed by atoms with Crippen LogP contribution in [0.1, 0.15) is 22.8 Å². The predicted octanol–water partition coefficient (Wildman–Crippen LogP) is 5.53. The van der Waals surface area contributed by atoms with Crippen LogP contribution in [0.4, 0.5) is 5.13 Å². The zero-order valence-electron chi connectivity index (χ0n) is 11.7. The highest BCUT2D eigenvalue weighted by atomic mass is 79.9. The highest BCUT2D eigenvalue weighted by Crippen LogP contribution is 2.29. The third-order valence-corrected chi connectivity index (χ3v) is 5.04. The number of thiazole rings is 1. The Hall–Kier alpha value is -1.43. The summed E-state index contributed by atoms with van der Waals surface area (Å²) in [6.45, 7) is 2.09. The lowest BCUT2D eigenvalue weighted by Gasteiger charge is -2.04. The van der Waals surface area contributed by atoms with E-state index in [1.54, 1.807) is 18.2 Å². The standard InChI is InChI=1S/C16H12BrClN2OS/c1-2-9-4-3-5-13-14(9)19-16(22-13)20-15(21)11-8-10(17)6-7-12(11)18/h3-8H,2H2,1H3,(H,19,20,21). The molecular formula is C16H12BrClN2OS. The number of anilines is 1. The predicted molar refractivity (Wildman–Crippen MR) is 96.1 cm³/mol. The first kappa shape index (κ1) is 15.5. The summed E-state index contributed by atoms with van der Waals surface area (Å²) in [5.41, 5.74) is 2.55. The number of nitrogens with one attached hydrogen (secondary N) is 1. The number of halogens is 2. The molecule has 0 radical (unpaired) electrons. The van der Waals surface area contributed by atoms with Gasteiger partial charge in [0, 0.05) is 4.47 Å². The van der Waals surface area contributed by atoms with Crippen molar-refractivity contribution in [3.8, 4) is 0 Å². The first-order valence-corrected chi connectivity index (χ1v) is 8.72. The van der Waals surface area contributed by atoms with E-state index in [0.717, 1.165) is 21.1 Å². The number of aromatic nitrogens is 1. The van der Waals surface area contributed by atoms with Gasteiger partial charge in [0.15, 0.2) is 5.13 Å². The van der Waals surface area contributed by atoms with Crippen LogP contribution in [0.25, 0.3) is 10.2 Å². The fourth-order valence-electron chi connectivity index (χ4n) is 2.18. The number of rotatable bonds is 3. The van der Waals surface area contributed by atoms with Gasteiger partial charge in [-0.05, 0) is 36.2 Å². The van der Waals surface area contributed by atoms with Crippen molar-refractivity contribution in [1.29, 1.82) is 0 Å². The van der Waals surface area contributed by atoms with Gasteiger partial charge in [-0.3, -0.25) is 10.1 Å². The van der Waals surface area contributed by atoms with E-state index in [4.69, 9.17) is 11.6 Å². The Morgan fingerprint density at radius 1 is 1.36 bits per heavy atom. The van der Waals surface area contributed by atoms with Crippen LogP contribution in [0.2, 0.25) is 5.02 Å². The normalized spacial score (nSPS) is 10.9. The minimum Gasteiger partial charge on any atom is -0.298 e. The molecular weight excluding hydrogens is 384 g/mol. The van der Waals surface area contributed by atoms with Crippen molar-refractivity contribution in [3.63, 3.8) is 0 Å². The Labute approximate surface area is 145 Å². The summed E-state index contributed by atoms with van der Waals surface area (Å²) in [4.78, 5) is 16.9. The molecule has 0 aliphatic heterocycles. The molecule has 0 saturated carbocycles. The van der Waals surface area contributed by atoms with Gasteiger partial charge in [-0.1, -0.05) is 57.9 Å². The molecule has 22 heavy (non-hydrogen) atoms. The molecule has 0 aliphatic carbocycles. The first-order chi connectivity index (χ1) is 10.6. The number of fused-ring (bicyclic) bond motifs is 1. The highest BCUT2D eigenvalue weighted by molar-refractivity contribution is 9.10. The Morgan fingerprint density at radius 3 is 2.95 bits per heavy atom. The van der Waals surface area contributed by atoms with E-state index in [-0.39, 0.29) is 5.91 Å². The van der Waals surface area contributed by atoms with Gasteiger partial charge in [0.25, 0.3) is 5.91 Å². The van der Waals surface area contributed by atoms with Crippen LogP contribution >= 0.6 is 38.9 Å². The van der Waals surface area contributed by atoms with E-state index in [1.165, 1.54) is 16.9 Å². The molecule has 112 valence electrons. The quantitative estimate of drug-likeness (QED) is 0.634. The number of carbonyl (C=O) groups is 1. The topological polar surface area (TPSA) is 42.0 Å². The summed E-state index contributed by atoms with van der Waals surface area (Å²) >= 11 is 10.9. The number of nitrogens with zero attached hydrogens (tertiary/aromatic N) is 1. The lowest BCUT2D eigenvalue weighted by Crippen LogP contribution is -2.12. The summed E-state index contributed by atoms with van der Waals surface area (Å²) in [7, 11) is 0. The number of hydrogen-bond donors (Lipinski definition) is 1. The molecule has 2 aromatic carbocycles. The minimum absolute atomic E-state index is 0.261. The molecule has 1 aromatic heterocycles. The van der Waals surface area contributed by atoms with Crippen molar-refractivity contribution in [2.45, 2.75) is 13.3 Å². The molecule has 1 heterocycles. The van der Waals surface area contributed by atoms with E-state index in [1.807, 2.05) is 12.1 Å². The van der Waals surface area contributed by atoms with E-state index in [0.29, 0.717) is 15.7 Å². The molecule has 0 unspecified atom stereocenters. The SMILES string of the molecule is CCc1cccc2sc(NC(=O)c3cc(Br)ccc3Cl)nc12. The third kappa shape index (κ3) is 3.02. The van der Waals surface area contributed by atoms with Crippen LogP contribution in [0, 0.1) is 0 Å². The van der Waals surface area contributed by atoms with Crippen LogP contribution in [0.3, 0.4) is 0 Å². The molecule has 1 N–H and O–H groups in total. The lowest BCUT2D eigenvalue weighted by atomic mass is 10.1. The molecule has 0 atom stereocenters. The van der Waals surface area contributed by atoms with E-state index < -0.39 is 0 Å². The number of hydrogen-bond acceptors (Lipinski definition) is 3. The van der Waals surface area contributed by atoms with Gasteiger partial charge in [-0.2, -0.15) is 0 Å². The van der Waals surface area contributed by atoms with E-state index in [9.17, 15) is 4.79 Å². The molecule has 0 bridgehead atoms. The number of carbonyl (C=O) groups excluding carboxylic acids is 1. The van der Waals surface area contributed by atoms with E-state index in [2.05, 4.69) is 39.2 Å². The molecule has 3 aromatic rings. The average Bonchev–Trinajstić information content (AvgIpc) is 2.91. The Bertz CT molecular complexity index is 862. The van der Waals surface area contributed by atoms with Crippen molar-refractivity contribution in [2.24, 2.45) is 0 Å². The molecule has 3 rings (SSSR count). The monoisotopic (exact) mass is 394 g/mol. The minimum atomic E-state index is -0.261.